The number of methoxy groups -OCH3 is 2. The number of hydrogen-bond acceptors (Lipinski definition) is 6. The van der Waals surface area contributed by atoms with Crippen molar-refractivity contribution in [2.75, 3.05) is 32.6 Å². The molecule has 1 aliphatic heterocycles. The van der Waals surface area contributed by atoms with Gasteiger partial charge in [-0.25, -0.2) is 5.10 Å². The van der Waals surface area contributed by atoms with Gasteiger partial charge in [0.15, 0.2) is 11.5 Å². The van der Waals surface area contributed by atoms with Gasteiger partial charge in [0.25, 0.3) is 5.56 Å². The van der Waals surface area contributed by atoms with Crippen LogP contribution in [0.25, 0.3) is 11.3 Å². The second kappa shape index (κ2) is 10.2. The molecule has 0 radical (unpaired) electrons. The molecule has 1 aliphatic rings. The molecule has 1 unspecified atom stereocenters. The molecule has 3 aromatic rings. The SMILES string of the molecule is COc1ccc(CCN2CC(C(=O)Nc3cccc(-c4ccc(=O)[nH]n4)c3)CC2=O)cc1OC. The van der Waals surface area contributed by atoms with Gasteiger partial charge in [-0.3, -0.25) is 14.4 Å². The van der Waals surface area contributed by atoms with Crippen LogP contribution in [0, 0.1) is 5.92 Å². The molecular weight excluding hydrogens is 436 g/mol. The Morgan fingerprint density at radius 1 is 1.09 bits per heavy atom. The lowest BCUT2D eigenvalue weighted by Crippen LogP contribution is -2.30. The minimum Gasteiger partial charge on any atom is -0.493 e. The number of likely N-dealkylation sites (tertiary alicyclic amines) is 1. The fourth-order valence-electron chi connectivity index (χ4n) is 3.97. The van der Waals surface area contributed by atoms with Crippen LogP contribution in [0.4, 0.5) is 5.69 Å². The van der Waals surface area contributed by atoms with E-state index in [0.717, 1.165) is 11.1 Å². The number of carbonyl (C=O) groups is 2. The molecule has 0 spiro atoms. The van der Waals surface area contributed by atoms with Gasteiger partial charge in [-0.15, -0.1) is 0 Å². The average molecular weight is 463 g/mol. The summed E-state index contributed by atoms with van der Waals surface area (Å²) in [5.41, 5.74) is 2.69. The maximum absolute atomic E-state index is 12.8. The fourth-order valence-corrected chi connectivity index (χ4v) is 3.97. The van der Waals surface area contributed by atoms with Gasteiger partial charge in [0.1, 0.15) is 0 Å². The average Bonchev–Trinajstić information content (AvgIpc) is 3.23. The van der Waals surface area contributed by atoms with Crippen LogP contribution in [0.5, 0.6) is 11.5 Å². The lowest BCUT2D eigenvalue weighted by Gasteiger charge is -2.17. The Balaban J connectivity index is 1.36. The van der Waals surface area contributed by atoms with Crippen molar-refractivity contribution >= 4 is 17.5 Å². The molecule has 2 amide bonds. The van der Waals surface area contributed by atoms with Crippen molar-refractivity contribution < 1.29 is 19.1 Å². The van der Waals surface area contributed by atoms with Gasteiger partial charge in [-0.1, -0.05) is 18.2 Å². The number of ether oxygens (including phenoxy) is 2. The molecule has 0 saturated carbocycles. The quantitative estimate of drug-likeness (QED) is 0.532. The molecule has 1 aromatic heterocycles. The molecule has 1 saturated heterocycles. The Hall–Kier alpha value is -4.14. The van der Waals surface area contributed by atoms with Crippen LogP contribution in [0.15, 0.2) is 59.4 Å². The monoisotopic (exact) mass is 462 g/mol. The first-order valence-corrected chi connectivity index (χ1v) is 10.9. The number of nitrogens with one attached hydrogen (secondary N) is 2. The van der Waals surface area contributed by atoms with E-state index in [1.54, 1.807) is 43.4 Å². The van der Waals surface area contributed by atoms with E-state index in [1.165, 1.54) is 6.07 Å². The maximum atomic E-state index is 12.8. The van der Waals surface area contributed by atoms with Crippen LogP contribution in [0.3, 0.4) is 0 Å². The molecule has 34 heavy (non-hydrogen) atoms. The summed E-state index contributed by atoms with van der Waals surface area (Å²) < 4.78 is 10.6. The first-order chi connectivity index (χ1) is 16.5. The van der Waals surface area contributed by atoms with Crippen LogP contribution in [0.2, 0.25) is 0 Å². The number of hydrogen-bond donors (Lipinski definition) is 2. The normalized spacial score (nSPS) is 15.3. The van der Waals surface area contributed by atoms with E-state index in [1.807, 2.05) is 24.3 Å². The Kier molecular flexibility index (Phi) is 6.91. The molecule has 2 aromatic carbocycles. The van der Waals surface area contributed by atoms with Crippen molar-refractivity contribution in [1.29, 1.82) is 0 Å². The van der Waals surface area contributed by atoms with Crippen molar-refractivity contribution in [3.8, 4) is 22.8 Å². The lowest BCUT2D eigenvalue weighted by molar-refractivity contribution is -0.128. The van der Waals surface area contributed by atoms with Crippen LogP contribution < -0.4 is 20.3 Å². The minimum atomic E-state index is -0.423. The Morgan fingerprint density at radius 3 is 2.65 bits per heavy atom. The van der Waals surface area contributed by atoms with Crippen LogP contribution in [-0.2, 0) is 16.0 Å². The molecule has 2 N–H and O–H groups in total. The highest BCUT2D eigenvalue weighted by Crippen LogP contribution is 2.28. The van der Waals surface area contributed by atoms with E-state index in [-0.39, 0.29) is 23.8 Å². The first kappa shape index (κ1) is 23.0. The fraction of sp³-hybridized carbons (Fsp3) is 0.280. The van der Waals surface area contributed by atoms with E-state index in [9.17, 15) is 14.4 Å². The molecule has 9 nitrogen and oxygen atoms in total. The molecule has 1 fully saturated rings. The van der Waals surface area contributed by atoms with Crippen LogP contribution >= 0.6 is 0 Å². The number of anilines is 1. The van der Waals surface area contributed by atoms with Gasteiger partial charge >= 0.3 is 0 Å². The zero-order valence-electron chi connectivity index (χ0n) is 19.0. The second-order valence-electron chi connectivity index (χ2n) is 8.06. The van der Waals surface area contributed by atoms with Crippen LogP contribution in [-0.4, -0.2) is 54.2 Å². The number of benzene rings is 2. The smallest absolute Gasteiger partial charge is 0.264 e. The lowest BCUT2D eigenvalue weighted by atomic mass is 10.1. The summed E-state index contributed by atoms with van der Waals surface area (Å²) in [7, 11) is 3.17. The molecule has 2 heterocycles. The third kappa shape index (κ3) is 5.25. The van der Waals surface area contributed by atoms with Crippen molar-refractivity contribution in [3.05, 3.63) is 70.5 Å². The van der Waals surface area contributed by atoms with Gasteiger partial charge in [0.05, 0.1) is 25.8 Å². The molecule has 4 rings (SSSR count). The number of aromatic amines is 1. The highest BCUT2D eigenvalue weighted by Gasteiger charge is 2.34. The van der Waals surface area contributed by atoms with Gasteiger partial charge < -0.3 is 19.7 Å². The highest BCUT2D eigenvalue weighted by molar-refractivity contribution is 5.97. The number of aromatic nitrogens is 2. The molecule has 0 bridgehead atoms. The predicted molar refractivity (Wildman–Crippen MR) is 127 cm³/mol. The van der Waals surface area contributed by atoms with E-state index >= 15 is 0 Å². The summed E-state index contributed by atoms with van der Waals surface area (Å²) in [6.07, 6.45) is 0.827. The van der Waals surface area contributed by atoms with Crippen molar-refractivity contribution in [2.24, 2.45) is 5.92 Å². The maximum Gasteiger partial charge on any atom is 0.264 e. The van der Waals surface area contributed by atoms with Gasteiger partial charge in [-0.2, -0.15) is 5.10 Å². The number of carbonyl (C=O) groups excluding carboxylic acids is 2. The molecule has 0 aliphatic carbocycles. The van der Waals surface area contributed by atoms with E-state index in [0.29, 0.717) is 42.4 Å². The summed E-state index contributed by atoms with van der Waals surface area (Å²) in [4.78, 5) is 38.3. The molecule has 9 heteroatoms. The Bertz CT molecular complexity index is 1240. The largest absolute Gasteiger partial charge is 0.493 e. The Morgan fingerprint density at radius 2 is 1.91 bits per heavy atom. The van der Waals surface area contributed by atoms with Crippen molar-refractivity contribution in [2.45, 2.75) is 12.8 Å². The zero-order chi connectivity index (χ0) is 24.1. The zero-order valence-corrected chi connectivity index (χ0v) is 19.0. The summed E-state index contributed by atoms with van der Waals surface area (Å²) in [5, 5.41) is 9.32. The van der Waals surface area contributed by atoms with Gasteiger partial charge in [0, 0.05) is 36.8 Å². The first-order valence-electron chi connectivity index (χ1n) is 10.9. The second-order valence-corrected chi connectivity index (χ2v) is 8.06. The third-order valence-corrected chi connectivity index (χ3v) is 5.81. The number of H-pyrrole nitrogens is 1. The number of amides is 2. The number of nitrogens with zero attached hydrogens (tertiary/aromatic N) is 2. The van der Waals surface area contributed by atoms with E-state index in [2.05, 4.69) is 15.5 Å². The summed E-state index contributed by atoms with van der Waals surface area (Å²) in [5.74, 6) is 0.637. The van der Waals surface area contributed by atoms with E-state index < -0.39 is 5.92 Å². The summed E-state index contributed by atoms with van der Waals surface area (Å²) in [6, 6.07) is 15.9. The Labute approximate surface area is 196 Å². The molecule has 1 atom stereocenters. The topological polar surface area (TPSA) is 114 Å². The molecule has 176 valence electrons. The minimum absolute atomic E-state index is 0.0354. The summed E-state index contributed by atoms with van der Waals surface area (Å²) >= 11 is 0. The van der Waals surface area contributed by atoms with Crippen molar-refractivity contribution in [1.82, 2.24) is 15.1 Å². The van der Waals surface area contributed by atoms with Gasteiger partial charge in [-0.05, 0) is 42.3 Å². The number of rotatable bonds is 8. The molecular formula is C25H26N4O5. The standard InChI is InChI=1S/C25H26N4O5/c1-33-21-8-6-16(12-22(21)34-2)10-11-29-15-18(14-24(29)31)25(32)26-19-5-3-4-17(13-19)20-7-9-23(30)28-27-20/h3-9,12-13,18H,10-11,14-15H2,1-2H3,(H,26,32)(H,28,30). The summed E-state index contributed by atoms with van der Waals surface area (Å²) in [6.45, 7) is 0.893. The van der Waals surface area contributed by atoms with Gasteiger partial charge in [0.2, 0.25) is 11.8 Å². The predicted octanol–water partition coefficient (Wildman–Crippen LogP) is 2.48. The van der Waals surface area contributed by atoms with Crippen LogP contribution in [0.1, 0.15) is 12.0 Å². The third-order valence-electron chi connectivity index (χ3n) is 5.81. The highest BCUT2D eigenvalue weighted by atomic mass is 16.5. The van der Waals surface area contributed by atoms with E-state index in [4.69, 9.17) is 9.47 Å². The van der Waals surface area contributed by atoms with Crippen molar-refractivity contribution in [3.63, 3.8) is 0 Å².